The van der Waals surface area contributed by atoms with Crippen LogP contribution in [0, 0.1) is 11.6 Å². The van der Waals surface area contributed by atoms with E-state index in [1.807, 2.05) is 54.6 Å². The quantitative estimate of drug-likeness (QED) is 0.342. The zero-order valence-corrected chi connectivity index (χ0v) is 20.6. The highest BCUT2D eigenvalue weighted by atomic mass is 32.2. The van der Waals surface area contributed by atoms with Crippen LogP contribution in [0.1, 0.15) is 38.8 Å². The number of hydrogen-bond acceptors (Lipinski definition) is 6. The first-order chi connectivity index (χ1) is 18.0. The number of nitrogens with one attached hydrogen (secondary N) is 1. The number of rotatable bonds is 6. The first-order valence-electron chi connectivity index (χ1n) is 11.4. The number of esters is 1. The second-order valence-corrected chi connectivity index (χ2v) is 9.33. The number of aromatic nitrogens is 1. The third kappa shape index (κ3) is 4.82. The predicted molar refractivity (Wildman–Crippen MR) is 136 cm³/mol. The molecular formula is C28H22F2N2O4S. The molecule has 37 heavy (non-hydrogen) atoms. The van der Waals surface area contributed by atoms with Gasteiger partial charge in [-0.2, -0.15) is 0 Å². The fourth-order valence-corrected chi connectivity index (χ4v) is 5.37. The number of carbonyl (C=O) groups excluding carboxylic acids is 1. The fraction of sp³-hybridized carbons (Fsp3) is 0.143. The average Bonchev–Trinajstić information content (AvgIpc) is 3.08. The summed E-state index contributed by atoms with van der Waals surface area (Å²) in [6.07, 6.45) is 1.39. The monoisotopic (exact) mass is 520 g/mol. The van der Waals surface area contributed by atoms with Crippen molar-refractivity contribution in [2.75, 3.05) is 12.5 Å². The van der Waals surface area contributed by atoms with Gasteiger partial charge in [0.1, 0.15) is 6.61 Å². The first kappa shape index (κ1) is 24.6. The number of thioether (sulfide) groups is 1. The minimum absolute atomic E-state index is 0.0559. The minimum atomic E-state index is -0.931. The van der Waals surface area contributed by atoms with E-state index < -0.39 is 29.1 Å². The van der Waals surface area contributed by atoms with Crippen molar-refractivity contribution in [2.45, 2.75) is 23.3 Å². The van der Waals surface area contributed by atoms with Crippen molar-refractivity contribution in [2.24, 2.45) is 0 Å². The van der Waals surface area contributed by atoms with Crippen LogP contribution in [0.25, 0.3) is 0 Å². The van der Waals surface area contributed by atoms with Crippen molar-refractivity contribution in [3.63, 3.8) is 0 Å². The lowest BCUT2D eigenvalue weighted by Crippen LogP contribution is -2.30. The van der Waals surface area contributed by atoms with Gasteiger partial charge in [0.2, 0.25) is 5.43 Å². The second kappa shape index (κ2) is 10.5. The molecule has 4 aromatic rings. The Hall–Kier alpha value is -4.11. The van der Waals surface area contributed by atoms with Crippen LogP contribution in [0.15, 0.2) is 88.7 Å². The van der Waals surface area contributed by atoms with E-state index in [1.165, 1.54) is 41.9 Å². The van der Waals surface area contributed by atoms with E-state index in [0.29, 0.717) is 5.56 Å². The van der Waals surface area contributed by atoms with Gasteiger partial charge in [-0.25, -0.2) is 13.6 Å². The largest absolute Gasteiger partial charge is 0.482 e. The van der Waals surface area contributed by atoms with Gasteiger partial charge < -0.3 is 14.9 Å². The van der Waals surface area contributed by atoms with E-state index in [1.54, 1.807) is 0 Å². The second-order valence-electron chi connectivity index (χ2n) is 8.31. The molecule has 1 N–H and O–H groups in total. The Labute approximate surface area is 215 Å². The van der Waals surface area contributed by atoms with E-state index in [0.717, 1.165) is 22.1 Å². The Bertz CT molecular complexity index is 1520. The summed E-state index contributed by atoms with van der Waals surface area (Å²) in [5, 5.41) is 0. The Morgan fingerprint density at radius 2 is 1.78 bits per heavy atom. The number of ether oxygens (including phenoxy) is 2. The maximum atomic E-state index is 14.9. The summed E-state index contributed by atoms with van der Waals surface area (Å²) in [6.45, 7) is 0.0559. The molecule has 1 aromatic heterocycles. The summed E-state index contributed by atoms with van der Waals surface area (Å²) >= 11 is 1.39. The molecule has 5 rings (SSSR count). The van der Waals surface area contributed by atoms with Gasteiger partial charge in [0, 0.05) is 28.5 Å². The van der Waals surface area contributed by atoms with Crippen molar-refractivity contribution >= 4 is 17.7 Å². The van der Waals surface area contributed by atoms with Crippen molar-refractivity contribution in [1.29, 1.82) is 0 Å². The Kier molecular flexibility index (Phi) is 6.96. The van der Waals surface area contributed by atoms with Gasteiger partial charge in [-0.15, -0.1) is 11.8 Å². The van der Waals surface area contributed by atoms with E-state index in [9.17, 15) is 18.4 Å². The van der Waals surface area contributed by atoms with E-state index >= 15 is 0 Å². The standard InChI is InChI=1S/C28H22F2N2O4S/c1-35-28(34)26-27(36-15-17-7-3-2-4-8-17)22(33)13-14-32(26)31-25-18-11-12-21(29)24(30)20(18)16-37-23-10-6-5-9-19(23)25/h2-14,25,31H,15-16H2,1H3. The lowest BCUT2D eigenvalue weighted by Gasteiger charge is -2.26. The highest BCUT2D eigenvalue weighted by molar-refractivity contribution is 7.98. The maximum absolute atomic E-state index is 14.9. The van der Waals surface area contributed by atoms with E-state index in [-0.39, 0.29) is 29.4 Å². The molecule has 1 aliphatic heterocycles. The van der Waals surface area contributed by atoms with Gasteiger partial charge >= 0.3 is 5.97 Å². The number of hydrogen-bond donors (Lipinski definition) is 1. The van der Waals surface area contributed by atoms with Crippen molar-refractivity contribution < 1.29 is 23.0 Å². The smallest absolute Gasteiger partial charge is 0.360 e. The predicted octanol–water partition coefficient (Wildman–Crippen LogP) is 5.43. The Morgan fingerprint density at radius 1 is 1.03 bits per heavy atom. The molecule has 1 atom stereocenters. The van der Waals surface area contributed by atoms with Crippen molar-refractivity contribution in [3.8, 4) is 5.75 Å². The summed E-state index contributed by atoms with van der Waals surface area (Å²) in [6, 6.07) is 19.9. The molecule has 2 heterocycles. The molecule has 9 heteroatoms. The Morgan fingerprint density at radius 3 is 2.57 bits per heavy atom. The number of benzene rings is 3. The summed E-state index contributed by atoms with van der Waals surface area (Å²) in [5.74, 6) is -2.60. The van der Waals surface area contributed by atoms with Gasteiger partial charge in [0.25, 0.3) is 0 Å². The number of fused-ring (bicyclic) bond motifs is 2. The van der Waals surface area contributed by atoms with Crippen molar-refractivity contribution in [3.05, 3.63) is 129 Å². The molecule has 0 saturated heterocycles. The summed E-state index contributed by atoms with van der Waals surface area (Å²) in [5.41, 5.74) is 4.92. The lowest BCUT2D eigenvalue weighted by atomic mass is 9.95. The highest BCUT2D eigenvalue weighted by Gasteiger charge is 2.29. The van der Waals surface area contributed by atoms with Crippen LogP contribution in [-0.2, 0) is 17.1 Å². The van der Waals surface area contributed by atoms with Crippen LogP contribution < -0.4 is 15.6 Å². The maximum Gasteiger partial charge on any atom is 0.360 e. The topological polar surface area (TPSA) is 69.6 Å². The molecule has 1 unspecified atom stereocenters. The van der Waals surface area contributed by atoms with Gasteiger partial charge in [-0.1, -0.05) is 54.6 Å². The molecule has 6 nitrogen and oxygen atoms in total. The van der Waals surface area contributed by atoms with E-state index in [2.05, 4.69) is 5.43 Å². The highest BCUT2D eigenvalue weighted by Crippen LogP contribution is 2.41. The van der Waals surface area contributed by atoms with E-state index in [4.69, 9.17) is 9.47 Å². The zero-order valence-electron chi connectivity index (χ0n) is 19.7. The molecule has 0 aliphatic carbocycles. The average molecular weight is 521 g/mol. The van der Waals surface area contributed by atoms with Crippen LogP contribution in [0.5, 0.6) is 5.75 Å². The molecule has 3 aromatic carbocycles. The third-order valence-corrected chi connectivity index (χ3v) is 7.19. The lowest BCUT2D eigenvalue weighted by molar-refractivity contribution is 0.0582. The van der Waals surface area contributed by atoms with Gasteiger partial charge in [-0.05, 0) is 28.8 Å². The number of halogens is 2. The van der Waals surface area contributed by atoms with Crippen LogP contribution in [0.4, 0.5) is 8.78 Å². The van der Waals surface area contributed by atoms with Crippen LogP contribution in [0.3, 0.4) is 0 Å². The van der Waals surface area contributed by atoms with Crippen LogP contribution in [0.2, 0.25) is 0 Å². The molecule has 188 valence electrons. The first-order valence-corrected chi connectivity index (χ1v) is 12.4. The third-order valence-electron chi connectivity index (χ3n) is 6.07. The van der Waals surface area contributed by atoms with Gasteiger partial charge in [-0.3, -0.25) is 9.47 Å². The fourth-order valence-electron chi connectivity index (χ4n) is 4.25. The van der Waals surface area contributed by atoms with Crippen LogP contribution in [-0.4, -0.2) is 17.8 Å². The van der Waals surface area contributed by atoms with Crippen molar-refractivity contribution in [1.82, 2.24) is 4.68 Å². The molecule has 0 amide bonds. The molecular weight excluding hydrogens is 498 g/mol. The summed E-state index contributed by atoms with van der Waals surface area (Å²) < 4.78 is 41.2. The van der Waals surface area contributed by atoms with Crippen LogP contribution >= 0.6 is 11.8 Å². The zero-order chi connectivity index (χ0) is 25.9. The minimum Gasteiger partial charge on any atom is -0.482 e. The number of methoxy groups -OCH3 is 1. The molecule has 0 bridgehead atoms. The summed E-state index contributed by atoms with van der Waals surface area (Å²) in [4.78, 5) is 26.6. The summed E-state index contributed by atoms with van der Waals surface area (Å²) in [7, 11) is 1.20. The molecule has 1 aliphatic rings. The molecule has 0 radical (unpaired) electrons. The molecule has 0 spiro atoms. The molecule has 0 fully saturated rings. The number of pyridine rings is 1. The van der Waals surface area contributed by atoms with Gasteiger partial charge in [0.15, 0.2) is 23.1 Å². The van der Waals surface area contributed by atoms with Gasteiger partial charge in [0.05, 0.1) is 13.2 Å². The number of carbonyl (C=O) groups is 1. The Balaban J connectivity index is 1.62. The molecule has 0 saturated carbocycles. The normalized spacial score (nSPS) is 14.2. The number of nitrogens with zero attached hydrogens (tertiary/aromatic N) is 1. The SMILES string of the molecule is COC(=O)c1c(OCc2ccccc2)c(=O)ccn1NC1c2ccccc2SCc2c1ccc(F)c2F.